The second-order valence-corrected chi connectivity index (χ2v) is 9.41. The Bertz CT molecular complexity index is 1330. The van der Waals surface area contributed by atoms with E-state index >= 15 is 0 Å². The summed E-state index contributed by atoms with van der Waals surface area (Å²) in [5.74, 6) is -0.609. The maximum atomic E-state index is 12.4. The topological polar surface area (TPSA) is 76.0 Å². The lowest BCUT2D eigenvalue weighted by Crippen LogP contribution is -2.32. The molecule has 0 radical (unpaired) electrons. The number of nitrogens with zero attached hydrogens (tertiary/aromatic N) is 2. The predicted molar refractivity (Wildman–Crippen MR) is 142 cm³/mol. The molecule has 7 heteroatoms. The Labute approximate surface area is 209 Å². The lowest BCUT2D eigenvalue weighted by molar-refractivity contribution is -0.121. The first-order chi connectivity index (χ1) is 16.9. The Kier molecular flexibility index (Phi) is 7.57. The van der Waals surface area contributed by atoms with E-state index in [4.69, 9.17) is 5.10 Å². The normalized spacial score (nSPS) is 11.1. The molecule has 0 aliphatic rings. The average Bonchev–Trinajstić information content (AvgIpc) is 3.49. The first kappa shape index (κ1) is 24.2. The second kappa shape index (κ2) is 11.0. The van der Waals surface area contributed by atoms with Crippen LogP contribution in [0.2, 0.25) is 0 Å². The summed E-state index contributed by atoms with van der Waals surface area (Å²) < 4.78 is 1.88. The first-order valence-corrected chi connectivity index (χ1v) is 12.3. The van der Waals surface area contributed by atoms with Gasteiger partial charge < -0.3 is 10.6 Å². The minimum Gasteiger partial charge on any atom is -0.343 e. The van der Waals surface area contributed by atoms with Gasteiger partial charge in [-0.15, -0.1) is 11.3 Å². The van der Waals surface area contributed by atoms with Crippen LogP contribution in [0.5, 0.6) is 0 Å². The lowest BCUT2D eigenvalue weighted by Gasteiger charge is -2.13. The summed E-state index contributed by atoms with van der Waals surface area (Å²) in [5, 5.41) is 12.3. The standard InChI is InChI=1S/C28H28N4O2S/c1-19-14-20(2)27(21(3)15-19)30-26(34)16-29-25(33)12-11-23-18-32(17-22-8-5-4-6-9-22)31-28(23)24-10-7-13-35-24/h4-15,18H,16-17H2,1-3H3,(H,29,33)(H,30,34). The number of amides is 2. The van der Waals surface area contributed by atoms with E-state index in [9.17, 15) is 9.59 Å². The molecule has 0 aliphatic heterocycles. The summed E-state index contributed by atoms with van der Waals surface area (Å²) in [5.41, 5.74) is 6.73. The van der Waals surface area contributed by atoms with Crippen molar-refractivity contribution >= 4 is 34.9 Å². The second-order valence-electron chi connectivity index (χ2n) is 8.47. The van der Waals surface area contributed by atoms with Gasteiger partial charge in [0, 0.05) is 23.5 Å². The number of hydrogen-bond acceptors (Lipinski definition) is 4. The highest BCUT2D eigenvalue weighted by Gasteiger charge is 2.12. The van der Waals surface area contributed by atoms with E-state index in [-0.39, 0.29) is 18.4 Å². The fraction of sp³-hybridized carbons (Fsp3) is 0.179. The third-order valence-corrected chi connectivity index (χ3v) is 6.39. The van der Waals surface area contributed by atoms with Crippen molar-refractivity contribution in [1.82, 2.24) is 15.1 Å². The van der Waals surface area contributed by atoms with Crippen LogP contribution in [0.1, 0.15) is 27.8 Å². The van der Waals surface area contributed by atoms with Gasteiger partial charge in [-0.05, 0) is 55.0 Å². The van der Waals surface area contributed by atoms with Crippen molar-refractivity contribution in [1.29, 1.82) is 0 Å². The van der Waals surface area contributed by atoms with Crippen LogP contribution < -0.4 is 10.6 Å². The summed E-state index contributed by atoms with van der Waals surface area (Å²) in [6, 6.07) is 18.1. The van der Waals surface area contributed by atoms with Crippen LogP contribution in [0, 0.1) is 20.8 Å². The van der Waals surface area contributed by atoms with E-state index in [1.165, 1.54) is 6.08 Å². The summed E-state index contributed by atoms with van der Waals surface area (Å²) in [6.07, 6.45) is 5.11. The smallest absolute Gasteiger partial charge is 0.244 e. The van der Waals surface area contributed by atoms with Crippen molar-refractivity contribution in [2.45, 2.75) is 27.3 Å². The van der Waals surface area contributed by atoms with Crippen molar-refractivity contribution in [3.05, 3.63) is 100 Å². The fourth-order valence-corrected chi connectivity index (χ4v) is 4.70. The number of aryl methyl sites for hydroxylation is 3. The third kappa shape index (κ3) is 6.33. The molecule has 2 amide bonds. The van der Waals surface area contributed by atoms with Crippen LogP contribution in [-0.2, 0) is 16.1 Å². The van der Waals surface area contributed by atoms with E-state index in [0.717, 1.165) is 44.1 Å². The number of thiophene rings is 1. The van der Waals surface area contributed by atoms with Gasteiger partial charge in [0.1, 0.15) is 5.69 Å². The molecular formula is C28H28N4O2S. The van der Waals surface area contributed by atoms with E-state index in [0.29, 0.717) is 6.54 Å². The van der Waals surface area contributed by atoms with Crippen LogP contribution in [-0.4, -0.2) is 28.1 Å². The molecule has 2 heterocycles. The SMILES string of the molecule is Cc1cc(C)c(NC(=O)CNC(=O)C=Cc2cn(Cc3ccccc3)nc2-c2cccs2)c(C)c1. The highest BCUT2D eigenvalue weighted by Crippen LogP contribution is 2.28. The molecule has 0 saturated heterocycles. The zero-order valence-corrected chi connectivity index (χ0v) is 20.9. The Morgan fingerprint density at radius 3 is 2.46 bits per heavy atom. The Morgan fingerprint density at radius 2 is 1.77 bits per heavy atom. The molecule has 0 fully saturated rings. The summed E-state index contributed by atoms with van der Waals surface area (Å²) in [7, 11) is 0. The molecule has 178 valence electrons. The molecule has 2 aromatic carbocycles. The Balaban J connectivity index is 1.41. The molecule has 0 saturated carbocycles. The molecule has 0 bridgehead atoms. The number of anilines is 1. The highest BCUT2D eigenvalue weighted by atomic mass is 32.1. The van der Waals surface area contributed by atoms with Gasteiger partial charge in [-0.25, -0.2) is 0 Å². The van der Waals surface area contributed by atoms with Crippen molar-refractivity contribution in [2.24, 2.45) is 0 Å². The van der Waals surface area contributed by atoms with Gasteiger partial charge in [0.05, 0.1) is 18.0 Å². The number of hydrogen-bond donors (Lipinski definition) is 2. The molecule has 0 atom stereocenters. The van der Waals surface area contributed by atoms with E-state index in [1.54, 1.807) is 17.4 Å². The van der Waals surface area contributed by atoms with Crippen LogP contribution in [0.25, 0.3) is 16.6 Å². The monoisotopic (exact) mass is 484 g/mol. The summed E-state index contributed by atoms with van der Waals surface area (Å²) in [6.45, 7) is 6.46. The lowest BCUT2D eigenvalue weighted by atomic mass is 10.1. The molecule has 4 rings (SSSR count). The molecule has 2 aromatic heterocycles. The van der Waals surface area contributed by atoms with Crippen molar-refractivity contribution in [2.75, 3.05) is 11.9 Å². The number of benzene rings is 2. The zero-order valence-electron chi connectivity index (χ0n) is 20.0. The van der Waals surface area contributed by atoms with Gasteiger partial charge in [0.25, 0.3) is 0 Å². The van der Waals surface area contributed by atoms with Crippen molar-refractivity contribution in [3.63, 3.8) is 0 Å². The first-order valence-electron chi connectivity index (χ1n) is 11.4. The number of aromatic nitrogens is 2. The molecule has 6 nitrogen and oxygen atoms in total. The number of rotatable bonds is 8. The van der Waals surface area contributed by atoms with E-state index in [2.05, 4.69) is 22.8 Å². The van der Waals surface area contributed by atoms with Gasteiger partial charge in [-0.1, -0.05) is 54.1 Å². The number of carbonyl (C=O) groups excluding carboxylic acids is 2. The number of carbonyl (C=O) groups is 2. The molecule has 4 aromatic rings. The van der Waals surface area contributed by atoms with Crippen molar-refractivity contribution < 1.29 is 9.59 Å². The predicted octanol–water partition coefficient (Wildman–Crippen LogP) is 5.35. The molecule has 35 heavy (non-hydrogen) atoms. The molecule has 2 N–H and O–H groups in total. The van der Waals surface area contributed by atoms with Gasteiger partial charge in [0.15, 0.2) is 0 Å². The molecule has 0 spiro atoms. The third-order valence-electron chi connectivity index (χ3n) is 5.51. The molecular weight excluding hydrogens is 456 g/mol. The zero-order chi connectivity index (χ0) is 24.8. The minimum atomic E-state index is -0.342. The van der Waals surface area contributed by atoms with Crippen LogP contribution >= 0.6 is 11.3 Å². The molecule has 0 aliphatic carbocycles. The maximum Gasteiger partial charge on any atom is 0.244 e. The Morgan fingerprint density at radius 1 is 1.03 bits per heavy atom. The van der Waals surface area contributed by atoms with Gasteiger partial charge in [0.2, 0.25) is 11.8 Å². The van der Waals surface area contributed by atoms with E-state index in [1.807, 2.05) is 79.5 Å². The quantitative estimate of drug-likeness (QED) is 0.331. The fourth-order valence-electron chi connectivity index (χ4n) is 3.97. The number of nitrogens with one attached hydrogen (secondary N) is 2. The summed E-state index contributed by atoms with van der Waals surface area (Å²) in [4.78, 5) is 25.9. The largest absolute Gasteiger partial charge is 0.343 e. The van der Waals surface area contributed by atoms with Crippen LogP contribution in [0.3, 0.4) is 0 Å². The minimum absolute atomic E-state index is 0.110. The summed E-state index contributed by atoms with van der Waals surface area (Å²) >= 11 is 1.60. The van der Waals surface area contributed by atoms with Crippen molar-refractivity contribution in [3.8, 4) is 10.6 Å². The highest BCUT2D eigenvalue weighted by molar-refractivity contribution is 7.13. The molecule has 0 unspecified atom stereocenters. The van der Waals surface area contributed by atoms with E-state index < -0.39 is 0 Å². The van der Waals surface area contributed by atoms with Gasteiger partial charge in [-0.2, -0.15) is 5.10 Å². The van der Waals surface area contributed by atoms with Crippen LogP contribution in [0.15, 0.2) is 72.3 Å². The van der Waals surface area contributed by atoms with Crippen LogP contribution in [0.4, 0.5) is 5.69 Å². The maximum absolute atomic E-state index is 12.4. The van der Waals surface area contributed by atoms with Gasteiger partial charge in [-0.3, -0.25) is 14.3 Å². The Hall–Kier alpha value is -3.97. The average molecular weight is 485 g/mol. The van der Waals surface area contributed by atoms with Gasteiger partial charge >= 0.3 is 0 Å².